The second-order valence-electron chi connectivity index (χ2n) is 6.88. The molecule has 0 atom stereocenters. The number of hydrogen-bond acceptors (Lipinski definition) is 5. The lowest BCUT2D eigenvalue weighted by atomic mass is 10.1. The minimum absolute atomic E-state index is 0.0653. The van der Waals surface area contributed by atoms with E-state index in [0.29, 0.717) is 16.1 Å². The first-order valence-electron chi connectivity index (χ1n) is 9.01. The van der Waals surface area contributed by atoms with Gasteiger partial charge in [0.2, 0.25) is 0 Å². The number of carbonyl (C=O) groups is 2. The van der Waals surface area contributed by atoms with Gasteiger partial charge in [-0.15, -0.1) is 0 Å². The number of carboxylic acid groups (broad SMARTS) is 1. The Morgan fingerprint density at radius 3 is 2.50 bits per heavy atom. The molecule has 9 heteroatoms. The van der Waals surface area contributed by atoms with Gasteiger partial charge in [-0.3, -0.25) is 14.4 Å². The molecule has 0 saturated carbocycles. The third-order valence-corrected chi connectivity index (χ3v) is 5.02. The van der Waals surface area contributed by atoms with Crippen molar-refractivity contribution in [1.82, 2.24) is 9.88 Å². The van der Waals surface area contributed by atoms with Gasteiger partial charge in [0.1, 0.15) is 17.9 Å². The number of hydrogen-bond donors (Lipinski definition) is 3. The van der Waals surface area contributed by atoms with Crippen molar-refractivity contribution >= 4 is 40.1 Å². The van der Waals surface area contributed by atoms with Gasteiger partial charge in [-0.1, -0.05) is 29.8 Å². The molecule has 0 aliphatic carbocycles. The number of aliphatic carboxylic acids is 1. The average Bonchev–Trinajstić information content (AvgIpc) is 2.70. The van der Waals surface area contributed by atoms with E-state index in [1.54, 1.807) is 42.5 Å². The number of benzene rings is 2. The van der Waals surface area contributed by atoms with Gasteiger partial charge in [-0.25, -0.2) is 0 Å². The molecule has 2 aromatic carbocycles. The van der Waals surface area contributed by atoms with Crippen LogP contribution in [0.3, 0.4) is 0 Å². The van der Waals surface area contributed by atoms with Crippen LogP contribution in [0.2, 0.25) is 5.02 Å². The van der Waals surface area contributed by atoms with Crippen LogP contribution in [0.1, 0.15) is 15.9 Å². The molecule has 1 aromatic heterocycles. The van der Waals surface area contributed by atoms with Crippen LogP contribution < -0.4 is 15.8 Å². The van der Waals surface area contributed by atoms with E-state index in [0.717, 1.165) is 5.69 Å². The summed E-state index contributed by atoms with van der Waals surface area (Å²) in [5.74, 6) is -2.74. The number of pyridine rings is 1. The molecule has 3 aromatic rings. The smallest absolute Gasteiger partial charge is 0.322 e. The van der Waals surface area contributed by atoms with Crippen LogP contribution in [0.4, 0.5) is 5.69 Å². The van der Waals surface area contributed by atoms with Crippen molar-refractivity contribution in [3.63, 3.8) is 0 Å². The van der Waals surface area contributed by atoms with Crippen molar-refractivity contribution in [3.05, 3.63) is 69.0 Å². The Morgan fingerprint density at radius 1 is 1.17 bits per heavy atom. The molecule has 0 radical (unpaired) electrons. The number of carboxylic acids is 1. The summed E-state index contributed by atoms with van der Waals surface area (Å²) in [5, 5.41) is 22.4. The Labute approximate surface area is 176 Å². The van der Waals surface area contributed by atoms with E-state index in [1.165, 1.54) is 4.57 Å². The second kappa shape index (κ2) is 8.46. The number of fused-ring (bicyclic) bond motifs is 1. The maximum atomic E-state index is 13.2. The highest BCUT2D eigenvalue weighted by molar-refractivity contribution is 6.31. The molecule has 0 aliphatic rings. The number of halogens is 1. The number of rotatable bonds is 6. The van der Waals surface area contributed by atoms with E-state index in [2.05, 4.69) is 5.32 Å². The highest BCUT2D eigenvalue weighted by Crippen LogP contribution is 2.30. The zero-order valence-corrected chi connectivity index (χ0v) is 17.1. The number of amides is 1. The molecule has 0 spiro atoms. The number of carbonyl (C=O) groups excluding carboxylic acids is 1. The summed E-state index contributed by atoms with van der Waals surface area (Å²) >= 11 is 6.25. The zero-order chi connectivity index (χ0) is 22.0. The topological polar surface area (TPSA) is 112 Å². The summed E-state index contributed by atoms with van der Waals surface area (Å²) in [6.07, 6.45) is 0. The van der Waals surface area contributed by atoms with E-state index in [-0.39, 0.29) is 11.9 Å². The van der Waals surface area contributed by atoms with Gasteiger partial charge in [0.05, 0.1) is 12.1 Å². The molecule has 0 aliphatic heterocycles. The van der Waals surface area contributed by atoms with Gasteiger partial charge >= 0.3 is 5.97 Å². The minimum atomic E-state index is -1.27. The molecule has 0 saturated heterocycles. The highest BCUT2D eigenvalue weighted by atomic mass is 35.5. The lowest BCUT2D eigenvalue weighted by Crippen LogP contribution is -2.36. The van der Waals surface area contributed by atoms with Gasteiger partial charge in [0.15, 0.2) is 0 Å². The first-order valence-corrected chi connectivity index (χ1v) is 9.38. The molecule has 1 amide bonds. The molecular weight excluding hydrogens is 410 g/mol. The third kappa shape index (κ3) is 4.08. The molecule has 30 heavy (non-hydrogen) atoms. The van der Waals surface area contributed by atoms with E-state index in [1.807, 2.05) is 19.0 Å². The van der Waals surface area contributed by atoms with Crippen molar-refractivity contribution in [1.29, 1.82) is 0 Å². The van der Waals surface area contributed by atoms with Crippen LogP contribution >= 0.6 is 11.6 Å². The summed E-state index contributed by atoms with van der Waals surface area (Å²) in [5.41, 5.74) is 0.546. The lowest BCUT2D eigenvalue weighted by Gasteiger charge is -2.18. The molecular formula is C21H20ClN3O5. The van der Waals surface area contributed by atoms with Crippen LogP contribution in [0.25, 0.3) is 10.9 Å². The predicted octanol–water partition coefficient (Wildman–Crippen LogP) is 2.29. The number of nitrogens with zero attached hydrogens (tertiary/aromatic N) is 2. The van der Waals surface area contributed by atoms with Crippen LogP contribution in [-0.2, 0) is 11.3 Å². The Hall–Kier alpha value is -3.52. The van der Waals surface area contributed by atoms with Gasteiger partial charge in [-0.05, 0) is 29.8 Å². The summed E-state index contributed by atoms with van der Waals surface area (Å²) in [6, 6.07) is 12.1. The molecule has 0 fully saturated rings. The van der Waals surface area contributed by atoms with Crippen LogP contribution in [0, 0.1) is 0 Å². The zero-order valence-electron chi connectivity index (χ0n) is 16.3. The van der Waals surface area contributed by atoms with Gasteiger partial charge in [-0.2, -0.15) is 0 Å². The molecule has 3 rings (SSSR count). The van der Waals surface area contributed by atoms with E-state index in [4.69, 9.17) is 16.7 Å². The van der Waals surface area contributed by atoms with Gasteiger partial charge < -0.3 is 25.0 Å². The summed E-state index contributed by atoms with van der Waals surface area (Å²) in [6.45, 7) is -0.617. The Balaban J connectivity index is 2.27. The first kappa shape index (κ1) is 21.2. The van der Waals surface area contributed by atoms with Crippen LogP contribution in [0.15, 0.2) is 47.3 Å². The number of anilines is 1. The largest absolute Gasteiger partial charge is 0.506 e. The SMILES string of the molecule is CN(C)c1ccc2c(c1)c(O)c(C(=O)NCC(=O)O)c(=O)n2Cc1ccccc1Cl. The van der Waals surface area contributed by atoms with E-state index in [9.17, 15) is 19.5 Å². The van der Waals surface area contributed by atoms with Crippen LogP contribution in [0.5, 0.6) is 5.75 Å². The normalized spacial score (nSPS) is 10.8. The lowest BCUT2D eigenvalue weighted by molar-refractivity contribution is -0.135. The molecule has 0 unspecified atom stereocenters. The van der Waals surface area contributed by atoms with Crippen LogP contribution in [-0.4, -0.2) is 47.3 Å². The average molecular weight is 430 g/mol. The van der Waals surface area contributed by atoms with Gasteiger partial charge in [0.25, 0.3) is 11.5 Å². The monoisotopic (exact) mass is 429 g/mol. The fraction of sp³-hybridized carbons (Fsp3) is 0.190. The Bertz CT molecular complexity index is 1200. The maximum Gasteiger partial charge on any atom is 0.322 e. The quantitative estimate of drug-likeness (QED) is 0.554. The van der Waals surface area contributed by atoms with Crippen molar-refractivity contribution in [2.24, 2.45) is 0 Å². The van der Waals surface area contributed by atoms with E-state index < -0.39 is 35.3 Å². The number of aromatic hydroxyl groups is 1. The van der Waals surface area contributed by atoms with E-state index >= 15 is 0 Å². The fourth-order valence-corrected chi connectivity index (χ4v) is 3.31. The molecule has 8 nitrogen and oxygen atoms in total. The van der Waals surface area contributed by atoms with Crippen molar-refractivity contribution in [2.45, 2.75) is 6.54 Å². The summed E-state index contributed by atoms with van der Waals surface area (Å²) in [7, 11) is 3.64. The number of aromatic nitrogens is 1. The molecule has 0 bridgehead atoms. The maximum absolute atomic E-state index is 13.2. The standard InChI is InChI=1S/C21H20ClN3O5/c1-24(2)13-7-8-16-14(9-13)19(28)18(20(29)23-10-17(26)27)21(30)25(16)11-12-5-3-4-6-15(12)22/h3-9,28H,10-11H2,1-2H3,(H,23,29)(H,26,27). The summed E-state index contributed by atoms with van der Waals surface area (Å²) in [4.78, 5) is 38.3. The predicted molar refractivity (Wildman–Crippen MR) is 115 cm³/mol. The highest BCUT2D eigenvalue weighted by Gasteiger charge is 2.23. The van der Waals surface area contributed by atoms with Gasteiger partial charge in [0, 0.05) is 30.2 Å². The number of nitrogens with one attached hydrogen (secondary N) is 1. The van der Waals surface area contributed by atoms with Crippen molar-refractivity contribution in [3.8, 4) is 5.75 Å². The van der Waals surface area contributed by atoms with Crippen molar-refractivity contribution < 1.29 is 19.8 Å². The minimum Gasteiger partial charge on any atom is -0.506 e. The molecule has 1 heterocycles. The third-order valence-electron chi connectivity index (χ3n) is 4.65. The first-order chi connectivity index (χ1) is 14.2. The van der Waals surface area contributed by atoms with Crippen molar-refractivity contribution in [2.75, 3.05) is 25.5 Å². The summed E-state index contributed by atoms with van der Waals surface area (Å²) < 4.78 is 1.34. The Kier molecular flexibility index (Phi) is 5.98. The Morgan fingerprint density at radius 2 is 1.87 bits per heavy atom. The molecule has 156 valence electrons. The molecule has 3 N–H and O–H groups in total. The fourth-order valence-electron chi connectivity index (χ4n) is 3.11. The second-order valence-corrected chi connectivity index (χ2v) is 7.29.